The Morgan fingerprint density at radius 2 is 2.10 bits per heavy atom. The number of thioether (sulfide) groups is 1. The van der Waals surface area contributed by atoms with Gasteiger partial charge in [0.2, 0.25) is 0 Å². The van der Waals surface area contributed by atoms with Crippen molar-refractivity contribution in [1.82, 2.24) is 4.90 Å². The molecule has 0 fully saturated rings. The highest BCUT2D eigenvalue weighted by molar-refractivity contribution is 7.98. The number of hydrogen-bond acceptors (Lipinski definition) is 4. The number of carboxylic acid groups (broad SMARTS) is 1. The molecule has 1 unspecified atom stereocenters. The van der Waals surface area contributed by atoms with Crippen molar-refractivity contribution in [2.75, 3.05) is 7.05 Å². The largest absolute Gasteiger partial charge is 0.480 e. The van der Waals surface area contributed by atoms with E-state index in [9.17, 15) is 18.4 Å². The van der Waals surface area contributed by atoms with Crippen LogP contribution in [0.4, 0.5) is 8.78 Å². The third-order valence-electron chi connectivity index (χ3n) is 2.68. The zero-order valence-corrected chi connectivity index (χ0v) is 11.8. The van der Waals surface area contributed by atoms with Crippen molar-refractivity contribution in [2.24, 2.45) is 0 Å². The molecule has 0 saturated heterocycles. The van der Waals surface area contributed by atoms with E-state index >= 15 is 0 Å². The highest BCUT2D eigenvalue weighted by Gasteiger charge is 2.27. The first-order valence-corrected chi connectivity index (χ1v) is 6.90. The number of halogens is 2. The predicted molar refractivity (Wildman–Crippen MR) is 69.8 cm³/mol. The summed E-state index contributed by atoms with van der Waals surface area (Å²) in [7, 11) is 1.36. The lowest BCUT2D eigenvalue weighted by molar-refractivity contribution is -0.142. The number of carboxylic acids is 1. The molecule has 20 heavy (non-hydrogen) atoms. The normalized spacial score (nSPS) is 12.4. The summed E-state index contributed by atoms with van der Waals surface area (Å²) in [6, 6.07) is 1.83. The summed E-state index contributed by atoms with van der Waals surface area (Å²) in [5, 5.41) is 8.98. The molecule has 8 heteroatoms. The molecule has 0 aliphatic rings. The summed E-state index contributed by atoms with van der Waals surface area (Å²) in [5.41, 5.74) is 0. The van der Waals surface area contributed by atoms with Crippen molar-refractivity contribution >= 4 is 23.6 Å². The molecule has 5 nitrogen and oxygen atoms in total. The lowest BCUT2D eigenvalue weighted by Crippen LogP contribution is -2.41. The number of aliphatic carboxylic acids is 1. The number of amides is 1. The first-order valence-electron chi connectivity index (χ1n) is 5.85. The van der Waals surface area contributed by atoms with Crippen LogP contribution in [0.1, 0.15) is 29.7 Å². The van der Waals surface area contributed by atoms with Gasteiger partial charge in [0.25, 0.3) is 11.7 Å². The van der Waals surface area contributed by atoms with Gasteiger partial charge in [0.1, 0.15) is 11.8 Å². The summed E-state index contributed by atoms with van der Waals surface area (Å²) in [6.45, 7) is 1.65. The molecular formula is C12H15F2NO4S. The molecule has 0 aromatic carbocycles. The lowest BCUT2D eigenvalue weighted by atomic mass is 10.2. The van der Waals surface area contributed by atoms with E-state index in [2.05, 4.69) is 0 Å². The standard InChI is InChI=1S/C12H15F2NO4S/c1-3-8(11(17)18)15(2)10(16)9-5-4-7(19-9)6-20-12(13)14/h4-5,8,12H,3,6H2,1-2H3,(H,17,18). The molecule has 112 valence electrons. The van der Waals surface area contributed by atoms with Crippen molar-refractivity contribution in [3.8, 4) is 0 Å². The van der Waals surface area contributed by atoms with E-state index in [0.717, 1.165) is 4.90 Å². The number of carbonyl (C=O) groups is 2. The molecule has 1 amide bonds. The summed E-state index contributed by atoms with van der Waals surface area (Å²) < 4.78 is 29.2. The highest BCUT2D eigenvalue weighted by atomic mass is 32.2. The van der Waals surface area contributed by atoms with E-state index in [1.165, 1.54) is 19.2 Å². The first kappa shape index (κ1) is 16.5. The van der Waals surface area contributed by atoms with Gasteiger partial charge in [-0.05, 0) is 18.6 Å². The number of alkyl halides is 2. The third kappa shape index (κ3) is 4.22. The summed E-state index contributed by atoms with van der Waals surface area (Å²) in [6.07, 6.45) is 0.256. The molecule has 1 atom stereocenters. The van der Waals surface area contributed by atoms with Crippen molar-refractivity contribution in [2.45, 2.75) is 30.9 Å². The minimum absolute atomic E-state index is 0.0508. The maximum Gasteiger partial charge on any atom is 0.326 e. The average molecular weight is 307 g/mol. The molecule has 0 saturated carbocycles. The van der Waals surface area contributed by atoms with E-state index in [1.54, 1.807) is 6.92 Å². The molecular weight excluding hydrogens is 292 g/mol. The zero-order chi connectivity index (χ0) is 15.3. The number of carbonyl (C=O) groups excluding carboxylic acids is 1. The fourth-order valence-corrected chi connectivity index (χ4v) is 2.09. The smallest absolute Gasteiger partial charge is 0.326 e. The van der Waals surface area contributed by atoms with Gasteiger partial charge in [0.15, 0.2) is 5.76 Å². The Kier molecular flexibility index (Phi) is 6.00. The van der Waals surface area contributed by atoms with Crippen LogP contribution in [0.3, 0.4) is 0 Å². The molecule has 1 rings (SSSR count). The van der Waals surface area contributed by atoms with Crippen molar-refractivity contribution in [3.63, 3.8) is 0 Å². The summed E-state index contributed by atoms with van der Waals surface area (Å²) in [4.78, 5) is 24.1. The van der Waals surface area contributed by atoms with Crippen molar-refractivity contribution in [1.29, 1.82) is 0 Å². The minimum atomic E-state index is -2.52. The molecule has 1 N–H and O–H groups in total. The lowest BCUT2D eigenvalue weighted by Gasteiger charge is -2.22. The summed E-state index contributed by atoms with van der Waals surface area (Å²) >= 11 is 0.387. The van der Waals surface area contributed by atoms with Gasteiger partial charge in [-0.2, -0.15) is 8.78 Å². The molecule has 1 aromatic rings. The van der Waals surface area contributed by atoms with Gasteiger partial charge in [-0.1, -0.05) is 18.7 Å². The minimum Gasteiger partial charge on any atom is -0.480 e. The first-order chi connectivity index (χ1) is 9.36. The fraction of sp³-hybridized carbons (Fsp3) is 0.500. The molecule has 0 bridgehead atoms. The van der Waals surface area contributed by atoms with Gasteiger partial charge >= 0.3 is 5.97 Å². The van der Waals surface area contributed by atoms with E-state index in [4.69, 9.17) is 9.52 Å². The van der Waals surface area contributed by atoms with E-state index in [-0.39, 0.29) is 23.7 Å². The molecule has 0 aliphatic heterocycles. The van der Waals surface area contributed by atoms with E-state index < -0.39 is 23.7 Å². The van der Waals surface area contributed by atoms with Crippen LogP contribution in [0, 0.1) is 0 Å². The Morgan fingerprint density at radius 3 is 2.60 bits per heavy atom. The van der Waals surface area contributed by atoms with Crippen LogP contribution in [0.25, 0.3) is 0 Å². The zero-order valence-electron chi connectivity index (χ0n) is 11.0. The summed E-state index contributed by atoms with van der Waals surface area (Å²) in [5.74, 6) is -4.08. The number of likely N-dealkylation sites (N-methyl/N-ethyl adjacent to an activating group) is 1. The van der Waals surface area contributed by atoms with Gasteiger partial charge in [-0.15, -0.1) is 0 Å². The predicted octanol–water partition coefficient (Wildman–Crippen LogP) is 2.67. The molecule has 0 aliphatic carbocycles. The van der Waals surface area contributed by atoms with Crippen molar-refractivity contribution < 1.29 is 27.9 Å². The highest BCUT2D eigenvalue weighted by Crippen LogP contribution is 2.22. The quantitative estimate of drug-likeness (QED) is 0.838. The van der Waals surface area contributed by atoms with Crippen LogP contribution in [0.2, 0.25) is 0 Å². The van der Waals surface area contributed by atoms with Gasteiger partial charge in [-0.3, -0.25) is 4.79 Å². The monoisotopic (exact) mass is 307 g/mol. The number of hydrogen-bond donors (Lipinski definition) is 1. The Bertz CT molecular complexity index is 478. The second kappa shape index (κ2) is 7.28. The van der Waals surface area contributed by atoms with Crippen molar-refractivity contribution in [3.05, 3.63) is 23.7 Å². The van der Waals surface area contributed by atoms with Gasteiger partial charge in [-0.25, -0.2) is 4.79 Å². The Hall–Kier alpha value is -1.57. The van der Waals surface area contributed by atoms with E-state index in [1.807, 2.05) is 0 Å². The number of nitrogens with zero attached hydrogens (tertiary/aromatic N) is 1. The SMILES string of the molecule is CCC(C(=O)O)N(C)C(=O)c1ccc(CSC(F)F)o1. The molecule has 0 spiro atoms. The Labute approximate surface area is 118 Å². The second-order valence-corrected chi connectivity index (χ2v) is 4.99. The topological polar surface area (TPSA) is 70.8 Å². The van der Waals surface area contributed by atoms with E-state index in [0.29, 0.717) is 11.8 Å². The maximum atomic E-state index is 12.0. The molecule has 0 radical (unpaired) electrons. The van der Waals surface area contributed by atoms with Gasteiger partial charge < -0.3 is 14.4 Å². The van der Waals surface area contributed by atoms with Crippen LogP contribution in [-0.4, -0.2) is 40.7 Å². The van der Waals surface area contributed by atoms with Crippen LogP contribution in [0.15, 0.2) is 16.5 Å². The fourth-order valence-electron chi connectivity index (χ4n) is 1.65. The maximum absolute atomic E-state index is 12.0. The Balaban J connectivity index is 2.74. The average Bonchev–Trinajstić information content (AvgIpc) is 2.84. The van der Waals surface area contributed by atoms with Crippen LogP contribution < -0.4 is 0 Å². The third-order valence-corrected chi connectivity index (χ3v) is 3.39. The molecule has 1 aromatic heterocycles. The number of rotatable bonds is 7. The second-order valence-electron chi connectivity index (χ2n) is 4.02. The van der Waals surface area contributed by atoms with Crippen LogP contribution in [-0.2, 0) is 10.5 Å². The van der Waals surface area contributed by atoms with Crippen LogP contribution >= 0.6 is 11.8 Å². The van der Waals surface area contributed by atoms with Crippen LogP contribution in [0.5, 0.6) is 0 Å². The van der Waals surface area contributed by atoms with Gasteiger partial charge in [0, 0.05) is 7.05 Å². The Morgan fingerprint density at radius 1 is 1.45 bits per heavy atom. The number of furan rings is 1. The molecule has 1 heterocycles. The van der Waals surface area contributed by atoms with Gasteiger partial charge in [0.05, 0.1) is 5.75 Å².